The van der Waals surface area contributed by atoms with Gasteiger partial charge in [0.05, 0.1) is 6.10 Å². The molecular formula is C7H12O6. The third-order valence-electron chi connectivity index (χ3n) is 2.21. The van der Waals surface area contributed by atoms with Crippen molar-refractivity contribution in [2.24, 2.45) is 5.92 Å². The van der Waals surface area contributed by atoms with Gasteiger partial charge in [-0.2, -0.15) is 0 Å². The van der Waals surface area contributed by atoms with Gasteiger partial charge in [0.2, 0.25) is 0 Å². The van der Waals surface area contributed by atoms with E-state index in [1.165, 1.54) is 6.92 Å². The van der Waals surface area contributed by atoms with E-state index in [0.29, 0.717) is 0 Å². The van der Waals surface area contributed by atoms with Crippen LogP contribution in [-0.2, 0) is 9.53 Å². The molecule has 0 aromatic carbocycles. The molecule has 0 saturated carbocycles. The van der Waals surface area contributed by atoms with Crippen LogP contribution in [0, 0.1) is 5.92 Å². The van der Waals surface area contributed by atoms with Crippen molar-refractivity contribution in [3.05, 3.63) is 0 Å². The number of carboxylic acid groups (broad SMARTS) is 1. The van der Waals surface area contributed by atoms with Crippen molar-refractivity contribution in [3.63, 3.8) is 0 Å². The highest BCUT2D eigenvalue weighted by Crippen LogP contribution is 2.24. The fourth-order valence-corrected chi connectivity index (χ4v) is 1.25. The molecular weight excluding hydrogens is 180 g/mol. The predicted octanol–water partition coefficient (Wildman–Crippen LogP) is -1.85. The second-order valence-electron chi connectivity index (χ2n) is 3.13. The molecule has 1 aliphatic rings. The SMILES string of the molecule is C[C@H]1[C@H](O)[C@@H](C(=O)O)OC(O)[C@@H]1O. The van der Waals surface area contributed by atoms with Crippen molar-refractivity contribution in [3.8, 4) is 0 Å². The number of aliphatic carboxylic acids is 1. The van der Waals surface area contributed by atoms with Crippen molar-refractivity contribution in [2.75, 3.05) is 0 Å². The molecule has 1 rings (SSSR count). The zero-order chi connectivity index (χ0) is 10.2. The van der Waals surface area contributed by atoms with E-state index >= 15 is 0 Å². The molecule has 1 saturated heterocycles. The second kappa shape index (κ2) is 3.59. The Kier molecular flexibility index (Phi) is 2.87. The first kappa shape index (κ1) is 10.4. The Morgan fingerprint density at radius 1 is 1.23 bits per heavy atom. The molecule has 0 radical (unpaired) electrons. The van der Waals surface area contributed by atoms with Crippen LogP contribution in [0.5, 0.6) is 0 Å². The average Bonchev–Trinajstić information content (AvgIpc) is 2.07. The first-order valence-electron chi connectivity index (χ1n) is 3.87. The maximum atomic E-state index is 10.5. The van der Waals surface area contributed by atoms with E-state index in [2.05, 4.69) is 4.74 Å². The van der Waals surface area contributed by atoms with Crippen LogP contribution in [0.15, 0.2) is 0 Å². The summed E-state index contributed by atoms with van der Waals surface area (Å²) in [5.74, 6) is -2.09. The van der Waals surface area contributed by atoms with Crippen LogP contribution >= 0.6 is 0 Å². The zero-order valence-corrected chi connectivity index (χ0v) is 6.99. The Balaban J connectivity index is 2.76. The van der Waals surface area contributed by atoms with Gasteiger partial charge in [-0.1, -0.05) is 6.92 Å². The van der Waals surface area contributed by atoms with Gasteiger partial charge in [-0.05, 0) is 0 Å². The molecule has 5 atom stereocenters. The Morgan fingerprint density at radius 2 is 1.77 bits per heavy atom. The largest absolute Gasteiger partial charge is 0.479 e. The maximum Gasteiger partial charge on any atom is 0.335 e. The van der Waals surface area contributed by atoms with Gasteiger partial charge in [0.1, 0.15) is 6.10 Å². The molecule has 0 bridgehead atoms. The number of carbonyl (C=O) groups is 1. The van der Waals surface area contributed by atoms with Gasteiger partial charge in [-0.3, -0.25) is 0 Å². The summed E-state index contributed by atoms with van der Waals surface area (Å²) in [6.45, 7) is 1.44. The normalized spacial score (nSPS) is 46.0. The minimum Gasteiger partial charge on any atom is -0.479 e. The van der Waals surface area contributed by atoms with Crippen molar-refractivity contribution in [1.82, 2.24) is 0 Å². The lowest BCUT2D eigenvalue weighted by molar-refractivity contribution is -0.264. The number of hydrogen-bond donors (Lipinski definition) is 4. The molecule has 0 aromatic heterocycles. The second-order valence-corrected chi connectivity index (χ2v) is 3.13. The van der Waals surface area contributed by atoms with Crippen LogP contribution in [0.4, 0.5) is 0 Å². The lowest BCUT2D eigenvalue weighted by atomic mass is 9.91. The molecule has 1 unspecified atom stereocenters. The van der Waals surface area contributed by atoms with Crippen LogP contribution in [0.3, 0.4) is 0 Å². The summed E-state index contributed by atoms with van der Waals surface area (Å²) in [5, 5.41) is 36.1. The van der Waals surface area contributed by atoms with Gasteiger partial charge < -0.3 is 25.2 Å². The molecule has 1 heterocycles. The molecule has 0 spiro atoms. The van der Waals surface area contributed by atoms with Crippen molar-refractivity contribution in [1.29, 1.82) is 0 Å². The van der Waals surface area contributed by atoms with Gasteiger partial charge in [0.15, 0.2) is 12.4 Å². The summed E-state index contributed by atoms with van der Waals surface area (Å²) in [6.07, 6.45) is -5.60. The summed E-state index contributed by atoms with van der Waals surface area (Å²) in [6, 6.07) is 0. The smallest absolute Gasteiger partial charge is 0.335 e. The quantitative estimate of drug-likeness (QED) is 0.388. The Bertz CT molecular complexity index is 205. The van der Waals surface area contributed by atoms with Crippen molar-refractivity contribution >= 4 is 5.97 Å². The van der Waals surface area contributed by atoms with E-state index in [1.54, 1.807) is 0 Å². The van der Waals surface area contributed by atoms with Crippen molar-refractivity contribution < 1.29 is 30.0 Å². The first-order chi connectivity index (χ1) is 5.95. The minimum absolute atomic E-state index is 0.732. The number of rotatable bonds is 1. The van der Waals surface area contributed by atoms with Crippen LogP contribution in [0.1, 0.15) is 6.92 Å². The molecule has 0 amide bonds. The molecule has 0 aliphatic carbocycles. The third-order valence-corrected chi connectivity index (χ3v) is 2.21. The summed E-state index contributed by atoms with van der Waals surface area (Å²) >= 11 is 0. The van der Waals surface area contributed by atoms with Crippen LogP contribution in [0.2, 0.25) is 0 Å². The van der Waals surface area contributed by atoms with Gasteiger partial charge in [0, 0.05) is 5.92 Å². The molecule has 1 aliphatic heterocycles. The van der Waals surface area contributed by atoms with Gasteiger partial charge in [-0.25, -0.2) is 4.79 Å². The van der Waals surface area contributed by atoms with Crippen LogP contribution in [-0.4, -0.2) is 51.0 Å². The fraction of sp³-hybridized carbons (Fsp3) is 0.857. The summed E-state index contributed by atoms with van der Waals surface area (Å²) in [7, 11) is 0. The molecule has 6 heteroatoms. The third kappa shape index (κ3) is 1.80. The zero-order valence-electron chi connectivity index (χ0n) is 6.99. The number of hydrogen-bond acceptors (Lipinski definition) is 5. The Morgan fingerprint density at radius 3 is 2.23 bits per heavy atom. The molecule has 76 valence electrons. The van der Waals surface area contributed by atoms with Crippen LogP contribution in [0.25, 0.3) is 0 Å². The van der Waals surface area contributed by atoms with E-state index in [9.17, 15) is 15.0 Å². The highest BCUT2D eigenvalue weighted by atomic mass is 16.6. The summed E-state index contributed by atoms with van der Waals surface area (Å²) in [5.41, 5.74) is 0. The van der Waals surface area contributed by atoms with E-state index < -0.39 is 36.5 Å². The Hall–Kier alpha value is -0.690. The minimum atomic E-state index is -1.56. The van der Waals surface area contributed by atoms with Crippen LogP contribution < -0.4 is 0 Å². The standard InChI is InChI=1S/C7H12O6/c1-2-3(8)5(6(10)11)13-7(12)4(2)9/h2-5,7-9,12H,1H3,(H,10,11)/t2-,3-,4+,5-,7?/m0/s1. The van der Waals surface area contributed by atoms with E-state index in [-0.39, 0.29) is 0 Å². The van der Waals surface area contributed by atoms with E-state index in [4.69, 9.17) is 10.2 Å². The van der Waals surface area contributed by atoms with Gasteiger partial charge in [-0.15, -0.1) is 0 Å². The number of aliphatic hydroxyl groups excluding tert-OH is 3. The molecule has 0 aromatic rings. The van der Waals surface area contributed by atoms with Crippen molar-refractivity contribution in [2.45, 2.75) is 31.5 Å². The topological polar surface area (TPSA) is 107 Å². The number of aliphatic hydroxyl groups is 3. The first-order valence-corrected chi connectivity index (χ1v) is 3.87. The number of ether oxygens (including phenoxy) is 1. The van der Waals surface area contributed by atoms with E-state index in [0.717, 1.165) is 0 Å². The highest BCUT2D eigenvalue weighted by molar-refractivity contribution is 5.73. The van der Waals surface area contributed by atoms with Gasteiger partial charge >= 0.3 is 5.97 Å². The highest BCUT2D eigenvalue weighted by Gasteiger charge is 2.44. The molecule has 6 nitrogen and oxygen atoms in total. The molecule has 13 heavy (non-hydrogen) atoms. The monoisotopic (exact) mass is 192 g/mol. The van der Waals surface area contributed by atoms with E-state index in [1.807, 2.05) is 0 Å². The molecule has 1 fully saturated rings. The molecule has 4 N–H and O–H groups in total. The van der Waals surface area contributed by atoms with Gasteiger partial charge in [0.25, 0.3) is 0 Å². The maximum absolute atomic E-state index is 10.5. The average molecular weight is 192 g/mol. The number of carboxylic acids is 1. The summed E-state index contributed by atoms with van der Waals surface area (Å²) < 4.78 is 4.50. The fourth-order valence-electron chi connectivity index (χ4n) is 1.25. The predicted molar refractivity (Wildman–Crippen MR) is 39.7 cm³/mol. The lowest BCUT2D eigenvalue weighted by Gasteiger charge is -2.37. The summed E-state index contributed by atoms with van der Waals surface area (Å²) in [4.78, 5) is 10.5. The Labute approximate surface area is 74.4 Å². The lowest BCUT2D eigenvalue weighted by Crippen LogP contribution is -2.55.